The van der Waals surface area contributed by atoms with Crippen molar-refractivity contribution >= 4 is 5.97 Å². The number of carbonyl (C=O) groups is 1. The van der Waals surface area contributed by atoms with Crippen LogP contribution >= 0.6 is 0 Å². The Bertz CT molecular complexity index is 123. The third-order valence-corrected chi connectivity index (χ3v) is 1.74. The molecule has 0 aromatic carbocycles. The highest BCUT2D eigenvalue weighted by Gasteiger charge is 2.28. The fraction of sp³-hybridized carbons (Fsp3) is 0.857. The Labute approximate surface area is 60.9 Å². The van der Waals surface area contributed by atoms with Gasteiger partial charge in [0.2, 0.25) is 0 Å². The predicted molar refractivity (Wildman–Crippen MR) is 37.3 cm³/mol. The minimum atomic E-state index is -0.576. The summed E-state index contributed by atoms with van der Waals surface area (Å²) in [6.45, 7) is 7.45. The number of carbonyl (C=O) groups excluding carboxylic acids is 1. The molecule has 0 aromatic rings. The van der Waals surface area contributed by atoms with Gasteiger partial charge in [-0.05, 0) is 5.41 Å². The summed E-state index contributed by atoms with van der Waals surface area (Å²) < 4.78 is 0. The summed E-state index contributed by atoms with van der Waals surface area (Å²) in [5.41, 5.74) is -0.153. The summed E-state index contributed by atoms with van der Waals surface area (Å²) in [7, 11) is 0. The smallest absolute Gasteiger partial charge is 0.301 e. The molecule has 1 N–H and O–H groups in total. The molecule has 0 radical (unpaired) electrons. The van der Waals surface area contributed by atoms with Gasteiger partial charge in [-0.1, -0.05) is 27.7 Å². The van der Waals surface area contributed by atoms with Gasteiger partial charge in [0.1, 0.15) is 0 Å². The molecular weight excluding hydrogens is 132 g/mol. The molecule has 0 aromatic heterocycles. The molecule has 0 saturated carbocycles. The van der Waals surface area contributed by atoms with E-state index in [1.165, 1.54) is 0 Å². The first-order valence-corrected chi connectivity index (χ1v) is 3.25. The van der Waals surface area contributed by atoms with Crippen LogP contribution in [0.2, 0.25) is 0 Å². The van der Waals surface area contributed by atoms with Gasteiger partial charge in [0.05, 0.1) is 5.92 Å². The van der Waals surface area contributed by atoms with E-state index in [2.05, 4.69) is 4.89 Å². The summed E-state index contributed by atoms with van der Waals surface area (Å²) in [6.07, 6.45) is 0. The minimum Gasteiger partial charge on any atom is -0.301 e. The molecule has 3 nitrogen and oxygen atoms in total. The van der Waals surface area contributed by atoms with Crippen molar-refractivity contribution < 1.29 is 14.9 Å². The molecule has 10 heavy (non-hydrogen) atoms. The number of rotatable bonds is 1. The van der Waals surface area contributed by atoms with Crippen LogP contribution in [0.3, 0.4) is 0 Å². The highest BCUT2D eigenvalue weighted by Crippen LogP contribution is 2.25. The van der Waals surface area contributed by atoms with Crippen molar-refractivity contribution in [2.45, 2.75) is 27.7 Å². The molecule has 0 saturated heterocycles. The molecule has 1 atom stereocenters. The lowest BCUT2D eigenvalue weighted by Crippen LogP contribution is -2.26. The maximum absolute atomic E-state index is 10.7. The molecule has 0 aliphatic rings. The first-order valence-electron chi connectivity index (χ1n) is 3.25. The largest absolute Gasteiger partial charge is 0.345 e. The normalized spacial score (nSPS) is 14.5. The molecule has 0 bridgehead atoms. The van der Waals surface area contributed by atoms with Crippen LogP contribution in [-0.2, 0) is 9.68 Å². The van der Waals surface area contributed by atoms with Crippen molar-refractivity contribution in [3.8, 4) is 0 Å². The lowest BCUT2D eigenvalue weighted by atomic mass is 9.82. The van der Waals surface area contributed by atoms with Gasteiger partial charge in [0.15, 0.2) is 0 Å². The van der Waals surface area contributed by atoms with E-state index in [0.29, 0.717) is 0 Å². The first kappa shape index (κ1) is 9.43. The monoisotopic (exact) mass is 146 g/mol. The highest BCUT2D eigenvalue weighted by atomic mass is 17.1. The summed E-state index contributed by atoms with van der Waals surface area (Å²) in [6, 6.07) is 0. The van der Waals surface area contributed by atoms with Gasteiger partial charge in [-0.2, -0.15) is 5.26 Å². The van der Waals surface area contributed by atoms with Gasteiger partial charge < -0.3 is 4.89 Å². The summed E-state index contributed by atoms with van der Waals surface area (Å²) in [4.78, 5) is 14.3. The van der Waals surface area contributed by atoms with Crippen LogP contribution in [0, 0.1) is 11.3 Å². The second kappa shape index (κ2) is 3.01. The second-order valence-electron chi connectivity index (χ2n) is 3.50. The molecule has 0 aliphatic carbocycles. The Morgan fingerprint density at radius 2 is 1.90 bits per heavy atom. The molecule has 0 heterocycles. The molecular formula is C7H14O3. The topological polar surface area (TPSA) is 46.5 Å². The lowest BCUT2D eigenvalue weighted by Gasteiger charge is -2.23. The number of hydrogen-bond acceptors (Lipinski definition) is 3. The minimum absolute atomic E-state index is 0.153. The lowest BCUT2D eigenvalue weighted by molar-refractivity contribution is -0.241. The van der Waals surface area contributed by atoms with Gasteiger partial charge in [-0.15, -0.1) is 0 Å². The van der Waals surface area contributed by atoms with Crippen LogP contribution in [0.25, 0.3) is 0 Å². The van der Waals surface area contributed by atoms with Crippen LogP contribution in [0.15, 0.2) is 0 Å². The summed E-state index contributed by atoms with van der Waals surface area (Å²) >= 11 is 0. The maximum Gasteiger partial charge on any atom is 0.345 e. The molecule has 0 aliphatic heterocycles. The van der Waals surface area contributed by atoms with Crippen LogP contribution in [0.4, 0.5) is 0 Å². The van der Waals surface area contributed by atoms with E-state index in [0.717, 1.165) is 0 Å². The molecule has 3 heteroatoms. The molecule has 1 unspecified atom stereocenters. The molecule has 0 fully saturated rings. The number of hydrogen-bond donors (Lipinski definition) is 1. The fourth-order valence-electron chi connectivity index (χ4n) is 0.433. The van der Waals surface area contributed by atoms with Crippen molar-refractivity contribution in [3.63, 3.8) is 0 Å². The maximum atomic E-state index is 10.7. The van der Waals surface area contributed by atoms with E-state index >= 15 is 0 Å². The van der Waals surface area contributed by atoms with Crippen LogP contribution in [0.1, 0.15) is 27.7 Å². The van der Waals surface area contributed by atoms with Crippen LogP contribution in [-0.4, -0.2) is 11.2 Å². The average Bonchev–Trinajstić information content (AvgIpc) is 1.83. The Kier molecular flexibility index (Phi) is 2.84. The van der Waals surface area contributed by atoms with E-state index in [1.54, 1.807) is 6.92 Å². The molecule has 0 amide bonds. The molecule has 60 valence electrons. The zero-order valence-corrected chi connectivity index (χ0v) is 6.84. The van der Waals surface area contributed by atoms with Crippen LogP contribution in [0.5, 0.6) is 0 Å². The van der Waals surface area contributed by atoms with Gasteiger partial charge >= 0.3 is 5.97 Å². The van der Waals surface area contributed by atoms with E-state index in [4.69, 9.17) is 5.26 Å². The standard InChI is InChI=1S/C7H14O3/c1-5(6(8)10-9)7(2,3)4/h5,9H,1-4H3. The van der Waals surface area contributed by atoms with Crippen molar-refractivity contribution in [1.82, 2.24) is 0 Å². The molecule has 0 spiro atoms. The first-order chi connectivity index (χ1) is 4.39. The quantitative estimate of drug-likeness (QED) is 0.452. The van der Waals surface area contributed by atoms with Gasteiger partial charge in [0, 0.05) is 0 Å². The fourth-order valence-corrected chi connectivity index (χ4v) is 0.433. The Morgan fingerprint density at radius 1 is 1.50 bits per heavy atom. The third kappa shape index (κ3) is 2.35. The van der Waals surface area contributed by atoms with Crippen molar-refractivity contribution in [3.05, 3.63) is 0 Å². The van der Waals surface area contributed by atoms with Crippen molar-refractivity contribution in [1.29, 1.82) is 0 Å². The van der Waals surface area contributed by atoms with Gasteiger partial charge in [0.25, 0.3) is 0 Å². The molecule has 0 rings (SSSR count). The predicted octanol–water partition coefficient (Wildman–Crippen LogP) is 1.68. The Hall–Kier alpha value is -0.570. The second-order valence-corrected chi connectivity index (χ2v) is 3.50. The zero-order valence-electron chi connectivity index (χ0n) is 6.84. The van der Waals surface area contributed by atoms with Gasteiger partial charge in [-0.3, -0.25) is 0 Å². The SMILES string of the molecule is CC(C(=O)OO)C(C)(C)C. The van der Waals surface area contributed by atoms with E-state index < -0.39 is 5.97 Å². The summed E-state index contributed by atoms with van der Waals surface area (Å²) in [5, 5.41) is 8.02. The van der Waals surface area contributed by atoms with Crippen LogP contribution < -0.4 is 0 Å². The zero-order chi connectivity index (χ0) is 8.36. The summed E-state index contributed by atoms with van der Waals surface area (Å²) in [5.74, 6) is -0.856. The third-order valence-electron chi connectivity index (χ3n) is 1.74. The highest BCUT2D eigenvalue weighted by molar-refractivity contribution is 5.72. The van der Waals surface area contributed by atoms with Crippen molar-refractivity contribution in [2.24, 2.45) is 11.3 Å². The van der Waals surface area contributed by atoms with E-state index in [1.807, 2.05) is 20.8 Å². The van der Waals surface area contributed by atoms with E-state index in [-0.39, 0.29) is 11.3 Å². The average molecular weight is 146 g/mol. The van der Waals surface area contributed by atoms with E-state index in [9.17, 15) is 4.79 Å². The Morgan fingerprint density at radius 3 is 2.00 bits per heavy atom. The Balaban J connectivity index is 4.08. The van der Waals surface area contributed by atoms with Crippen molar-refractivity contribution in [2.75, 3.05) is 0 Å². The van der Waals surface area contributed by atoms with Gasteiger partial charge in [-0.25, -0.2) is 4.79 Å².